The zero-order valence-electron chi connectivity index (χ0n) is 12.8. The van der Waals surface area contributed by atoms with Gasteiger partial charge in [-0.2, -0.15) is 5.10 Å². The molecule has 1 atom stereocenters. The fourth-order valence-corrected chi connectivity index (χ4v) is 2.89. The monoisotopic (exact) mass is 279 g/mol. The first-order valence-electron chi connectivity index (χ1n) is 8.17. The third-order valence-corrected chi connectivity index (χ3v) is 4.07. The summed E-state index contributed by atoms with van der Waals surface area (Å²) in [6.07, 6.45) is 11.6. The van der Waals surface area contributed by atoms with Crippen molar-refractivity contribution in [3.05, 3.63) is 18.0 Å². The van der Waals surface area contributed by atoms with Crippen molar-refractivity contribution < 1.29 is 4.74 Å². The van der Waals surface area contributed by atoms with Crippen LogP contribution in [0.15, 0.2) is 12.3 Å². The van der Waals surface area contributed by atoms with Crippen LogP contribution >= 0.6 is 0 Å². The number of nitrogens with two attached hydrogens (primary N) is 1. The minimum absolute atomic E-state index is 0.154. The van der Waals surface area contributed by atoms with E-state index in [0.29, 0.717) is 6.04 Å². The number of rotatable bonds is 8. The number of hydrogen-bond acceptors (Lipinski definition) is 3. The molecular weight excluding hydrogens is 250 g/mol. The second kappa shape index (κ2) is 8.42. The lowest BCUT2D eigenvalue weighted by atomic mass is 9.96. The molecule has 0 spiro atoms. The number of ether oxygens (including phenoxy) is 1. The van der Waals surface area contributed by atoms with Gasteiger partial charge in [-0.05, 0) is 31.7 Å². The Kier molecular flexibility index (Phi) is 6.54. The Morgan fingerprint density at radius 2 is 2.15 bits per heavy atom. The van der Waals surface area contributed by atoms with Crippen LogP contribution < -0.4 is 5.73 Å². The van der Waals surface area contributed by atoms with Gasteiger partial charge in [-0.1, -0.05) is 26.2 Å². The molecule has 4 nitrogen and oxygen atoms in total. The third kappa shape index (κ3) is 4.91. The minimum Gasteiger partial charge on any atom is -0.381 e. The van der Waals surface area contributed by atoms with E-state index in [2.05, 4.69) is 23.9 Å². The zero-order valence-corrected chi connectivity index (χ0v) is 12.8. The van der Waals surface area contributed by atoms with Crippen LogP contribution in [0.3, 0.4) is 0 Å². The van der Waals surface area contributed by atoms with E-state index in [1.54, 1.807) is 0 Å². The van der Waals surface area contributed by atoms with Gasteiger partial charge in [-0.3, -0.25) is 4.68 Å². The van der Waals surface area contributed by atoms with Gasteiger partial charge in [-0.15, -0.1) is 0 Å². The Morgan fingerprint density at radius 1 is 1.35 bits per heavy atom. The summed E-state index contributed by atoms with van der Waals surface area (Å²) in [5.41, 5.74) is 7.27. The van der Waals surface area contributed by atoms with E-state index in [1.807, 2.05) is 0 Å². The van der Waals surface area contributed by atoms with Crippen LogP contribution in [0.5, 0.6) is 0 Å². The largest absolute Gasteiger partial charge is 0.381 e. The summed E-state index contributed by atoms with van der Waals surface area (Å²) in [4.78, 5) is 0. The Balaban J connectivity index is 1.74. The SMILES string of the molecule is CCCOCCC(N)Cc1ccn(C2CCCCC2)n1. The predicted molar refractivity (Wildman–Crippen MR) is 81.8 cm³/mol. The van der Waals surface area contributed by atoms with Gasteiger partial charge in [0.15, 0.2) is 0 Å². The first kappa shape index (κ1) is 15.5. The summed E-state index contributed by atoms with van der Waals surface area (Å²) >= 11 is 0. The topological polar surface area (TPSA) is 53.1 Å². The Hall–Kier alpha value is -0.870. The predicted octanol–water partition coefficient (Wildman–Crippen LogP) is 3.07. The Labute approximate surface area is 122 Å². The van der Waals surface area contributed by atoms with Gasteiger partial charge in [0, 0.05) is 31.9 Å². The summed E-state index contributed by atoms with van der Waals surface area (Å²) in [5.74, 6) is 0. The molecule has 2 N–H and O–H groups in total. The van der Waals surface area contributed by atoms with E-state index in [4.69, 9.17) is 15.6 Å². The second-order valence-electron chi connectivity index (χ2n) is 5.94. The van der Waals surface area contributed by atoms with Crippen molar-refractivity contribution in [3.63, 3.8) is 0 Å². The van der Waals surface area contributed by atoms with Crippen molar-refractivity contribution in [2.45, 2.75) is 70.4 Å². The Morgan fingerprint density at radius 3 is 2.90 bits per heavy atom. The van der Waals surface area contributed by atoms with Crippen LogP contribution in [-0.2, 0) is 11.2 Å². The van der Waals surface area contributed by atoms with Gasteiger partial charge in [-0.25, -0.2) is 0 Å². The average Bonchev–Trinajstić information content (AvgIpc) is 2.93. The molecule has 1 heterocycles. The molecule has 0 aromatic carbocycles. The molecule has 0 saturated heterocycles. The maximum absolute atomic E-state index is 6.15. The first-order valence-corrected chi connectivity index (χ1v) is 8.17. The summed E-state index contributed by atoms with van der Waals surface area (Å²) < 4.78 is 7.65. The van der Waals surface area contributed by atoms with Crippen molar-refractivity contribution >= 4 is 0 Å². The molecule has 0 amide bonds. The van der Waals surface area contributed by atoms with Crippen LogP contribution in [-0.4, -0.2) is 29.0 Å². The highest BCUT2D eigenvalue weighted by Gasteiger charge is 2.16. The van der Waals surface area contributed by atoms with Gasteiger partial charge in [0.1, 0.15) is 0 Å². The number of nitrogens with zero attached hydrogens (tertiary/aromatic N) is 2. The second-order valence-corrected chi connectivity index (χ2v) is 5.94. The van der Waals surface area contributed by atoms with Crippen molar-refractivity contribution in [1.82, 2.24) is 9.78 Å². The molecule has 0 bridgehead atoms. The number of hydrogen-bond donors (Lipinski definition) is 1. The van der Waals surface area contributed by atoms with E-state index >= 15 is 0 Å². The summed E-state index contributed by atoms with van der Waals surface area (Å²) in [6, 6.07) is 2.89. The highest BCUT2D eigenvalue weighted by Crippen LogP contribution is 2.27. The summed E-state index contributed by atoms with van der Waals surface area (Å²) in [6.45, 7) is 3.72. The Bertz CT molecular complexity index is 372. The van der Waals surface area contributed by atoms with Gasteiger partial charge in [0.25, 0.3) is 0 Å². The zero-order chi connectivity index (χ0) is 14.2. The molecule has 1 aliphatic rings. The highest BCUT2D eigenvalue weighted by atomic mass is 16.5. The lowest BCUT2D eigenvalue weighted by Crippen LogP contribution is -2.25. The minimum atomic E-state index is 0.154. The molecule has 0 aliphatic heterocycles. The van der Waals surface area contributed by atoms with Crippen molar-refractivity contribution in [3.8, 4) is 0 Å². The fourth-order valence-electron chi connectivity index (χ4n) is 2.89. The molecule has 1 aromatic rings. The molecule has 1 aliphatic carbocycles. The van der Waals surface area contributed by atoms with E-state index in [0.717, 1.165) is 38.2 Å². The highest BCUT2D eigenvalue weighted by molar-refractivity contribution is 5.02. The first-order chi connectivity index (χ1) is 9.79. The van der Waals surface area contributed by atoms with Crippen LogP contribution in [0.25, 0.3) is 0 Å². The molecule has 4 heteroatoms. The standard InChI is InChI=1S/C16H29N3O/c1-2-11-20-12-9-14(17)13-15-8-10-19(18-15)16-6-4-3-5-7-16/h8,10,14,16H,2-7,9,11-13,17H2,1H3. The normalized spacial score (nSPS) is 18.3. The van der Waals surface area contributed by atoms with E-state index in [9.17, 15) is 0 Å². The average molecular weight is 279 g/mol. The summed E-state index contributed by atoms with van der Waals surface area (Å²) in [7, 11) is 0. The van der Waals surface area contributed by atoms with E-state index in [1.165, 1.54) is 32.1 Å². The number of aromatic nitrogens is 2. The molecule has 2 rings (SSSR count). The maximum atomic E-state index is 6.15. The van der Waals surface area contributed by atoms with Crippen molar-refractivity contribution in [2.24, 2.45) is 5.73 Å². The van der Waals surface area contributed by atoms with Gasteiger partial charge >= 0.3 is 0 Å². The molecule has 0 radical (unpaired) electrons. The molecule has 1 saturated carbocycles. The van der Waals surface area contributed by atoms with Crippen LogP contribution in [0.1, 0.15) is 63.6 Å². The molecule has 1 fully saturated rings. The van der Waals surface area contributed by atoms with Crippen molar-refractivity contribution in [2.75, 3.05) is 13.2 Å². The fraction of sp³-hybridized carbons (Fsp3) is 0.812. The van der Waals surface area contributed by atoms with E-state index in [-0.39, 0.29) is 6.04 Å². The van der Waals surface area contributed by atoms with Crippen molar-refractivity contribution in [1.29, 1.82) is 0 Å². The summed E-state index contributed by atoms with van der Waals surface area (Å²) in [5, 5.41) is 4.71. The quantitative estimate of drug-likeness (QED) is 0.744. The molecular formula is C16H29N3O. The third-order valence-electron chi connectivity index (χ3n) is 4.07. The maximum Gasteiger partial charge on any atom is 0.0640 e. The molecule has 20 heavy (non-hydrogen) atoms. The molecule has 1 unspecified atom stereocenters. The van der Waals surface area contributed by atoms with Gasteiger partial charge in [0.05, 0.1) is 11.7 Å². The van der Waals surface area contributed by atoms with Gasteiger partial charge in [0.2, 0.25) is 0 Å². The molecule has 114 valence electrons. The molecule has 1 aromatic heterocycles. The lowest BCUT2D eigenvalue weighted by Gasteiger charge is -2.21. The van der Waals surface area contributed by atoms with Gasteiger partial charge < -0.3 is 10.5 Å². The van der Waals surface area contributed by atoms with Crippen LogP contribution in [0.4, 0.5) is 0 Å². The van der Waals surface area contributed by atoms with Crippen LogP contribution in [0, 0.1) is 0 Å². The smallest absolute Gasteiger partial charge is 0.0640 e. The van der Waals surface area contributed by atoms with E-state index < -0.39 is 0 Å². The van der Waals surface area contributed by atoms with Crippen LogP contribution in [0.2, 0.25) is 0 Å². The lowest BCUT2D eigenvalue weighted by molar-refractivity contribution is 0.127.